The summed E-state index contributed by atoms with van der Waals surface area (Å²) < 4.78 is 10.9. The molecule has 0 spiro atoms. The largest absolute Gasteiger partial charge is 0.493 e. The van der Waals surface area contributed by atoms with Gasteiger partial charge in [0.25, 0.3) is 0 Å². The van der Waals surface area contributed by atoms with Crippen molar-refractivity contribution >= 4 is 17.3 Å². The smallest absolute Gasteiger partial charge is 0.303 e. The predicted octanol–water partition coefficient (Wildman–Crippen LogP) is 3.58. The van der Waals surface area contributed by atoms with Crippen molar-refractivity contribution in [2.45, 2.75) is 25.3 Å². The lowest BCUT2D eigenvalue weighted by atomic mass is 9.90. The SMILES string of the molecule is COc1cc2c(cc1OC)[C@H](c1cccs1)N(CCCC(=O)O)CC2. The van der Waals surface area contributed by atoms with Gasteiger partial charge in [0.15, 0.2) is 11.5 Å². The molecule has 0 unspecified atom stereocenters. The Kier molecular flexibility index (Phi) is 5.60. The molecule has 0 amide bonds. The van der Waals surface area contributed by atoms with Crippen LogP contribution in [0.3, 0.4) is 0 Å². The maximum absolute atomic E-state index is 10.9. The van der Waals surface area contributed by atoms with E-state index in [1.54, 1.807) is 25.6 Å². The maximum Gasteiger partial charge on any atom is 0.303 e. The summed E-state index contributed by atoms with van der Waals surface area (Å²) in [4.78, 5) is 14.5. The molecular formula is C19H23NO4S. The van der Waals surface area contributed by atoms with Crippen LogP contribution in [0.2, 0.25) is 0 Å². The first kappa shape index (κ1) is 17.8. The van der Waals surface area contributed by atoms with Crippen molar-refractivity contribution < 1.29 is 19.4 Å². The Hall–Kier alpha value is -2.05. The number of carbonyl (C=O) groups is 1. The number of hydrogen-bond donors (Lipinski definition) is 1. The summed E-state index contributed by atoms with van der Waals surface area (Å²) in [7, 11) is 3.31. The molecule has 0 saturated heterocycles. The highest BCUT2D eigenvalue weighted by atomic mass is 32.1. The summed E-state index contributed by atoms with van der Waals surface area (Å²) in [6.07, 6.45) is 1.77. The normalized spacial score (nSPS) is 17.1. The van der Waals surface area contributed by atoms with E-state index in [0.29, 0.717) is 6.42 Å². The Balaban J connectivity index is 1.96. The summed E-state index contributed by atoms with van der Waals surface area (Å²) in [6.45, 7) is 1.67. The minimum Gasteiger partial charge on any atom is -0.493 e. The standard InChI is InChI=1S/C19H23NO4S/c1-23-15-11-13-7-9-20(8-3-6-18(21)22)19(17-5-4-10-25-17)14(13)12-16(15)24-2/h4-5,10-12,19H,3,6-9H2,1-2H3,(H,21,22)/t19-/m1/s1. The molecule has 2 heterocycles. The Morgan fingerprint density at radius 3 is 2.72 bits per heavy atom. The van der Waals surface area contributed by atoms with E-state index in [-0.39, 0.29) is 12.5 Å². The Labute approximate surface area is 151 Å². The number of hydrogen-bond acceptors (Lipinski definition) is 5. The second-order valence-electron chi connectivity index (χ2n) is 6.11. The van der Waals surface area contributed by atoms with Crippen LogP contribution in [0.5, 0.6) is 11.5 Å². The molecule has 5 nitrogen and oxygen atoms in total. The summed E-state index contributed by atoms with van der Waals surface area (Å²) in [5, 5.41) is 11.0. The van der Waals surface area contributed by atoms with Crippen molar-refractivity contribution in [1.82, 2.24) is 4.90 Å². The molecule has 0 aliphatic carbocycles. The highest BCUT2D eigenvalue weighted by molar-refractivity contribution is 7.10. The third kappa shape index (κ3) is 3.80. The topological polar surface area (TPSA) is 59.0 Å². The van der Waals surface area contributed by atoms with Crippen molar-refractivity contribution in [2.24, 2.45) is 0 Å². The number of carboxylic acid groups (broad SMARTS) is 1. The minimum absolute atomic E-state index is 0.136. The number of nitrogens with zero attached hydrogens (tertiary/aromatic N) is 1. The number of thiophene rings is 1. The molecule has 0 radical (unpaired) electrons. The minimum atomic E-state index is -0.739. The average Bonchev–Trinajstić information content (AvgIpc) is 3.14. The first-order valence-electron chi connectivity index (χ1n) is 8.38. The summed E-state index contributed by atoms with van der Waals surface area (Å²) in [5.74, 6) is 0.747. The molecule has 1 aromatic carbocycles. The zero-order valence-corrected chi connectivity index (χ0v) is 15.3. The van der Waals surface area contributed by atoms with Crippen LogP contribution in [0.15, 0.2) is 29.6 Å². The molecule has 1 N–H and O–H groups in total. The van der Waals surface area contributed by atoms with E-state index in [2.05, 4.69) is 34.5 Å². The van der Waals surface area contributed by atoms with E-state index in [0.717, 1.165) is 31.0 Å². The Morgan fingerprint density at radius 1 is 1.32 bits per heavy atom. The van der Waals surface area contributed by atoms with Gasteiger partial charge in [0.2, 0.25) is 0 Å². The number of ether oxygens (including phenoxy) is 2. The molecule has 1 atom stereocenters. The highest BCUT2D eigenvalue weighted by Crippen LogP contribution is 2.42. The fourth-order valence-corrected chi connectivity index (χ4v) is 4.33. The number of fused-ring (bicyclic) bond motifs is 1. The lowest BCUT2D eigenvalue weighted by Gasteiger charge is -2.37. The van der Waals surface area contributed by atoms with Crippen LogP contribution >= 0.6 is 11.3 Å². The zero-order chi connectivity index (χ0) is 17.8. The summed E-state index contributed by atoms with van der Waals surface area (Å²) >= 11 is 1.73. The number of methoxy groups -OCH3 is 2. The second kappa shape index (κ2) is 7.89. The molecule has 25 heavy (non-hydrogen) atoms. The van der Waals surface area contributed by atoms with Gasteiger partial charge in [-0.15, -0.1) is 11.3 Å². The highest BCUT2D eigenvalue weighted by Gasteiger charge is 2.30. The van der Waals surface area contributed by atoms with E-state index in [9.17, 15) is 4.79 Å². The fourth-order valence-electron chi connectivity index (χ4n) is 3.45. The van der Waals surface area contributed by atoms with Gasteiger partial charge >= 0.3 is 5.97 Å². The molecular weight excluding hydrogens is 338 g/mol. The van der Waals surface area contributed by atoms with E-state index < -0.39 is 5.97 Å². The van der Waals surface area contributed by atoms with Gasteiger partial charge < -0.3 is 14.6 Å². The van der Waals surface area contributed by atoms with Crippen LogP contribution in [0, 0.1) is 0 Å². The van der Waals surface area contributed by atoms with Crippen LogP contribution in [0.25, 0.3) is 0 Å². The van der Waals surface area contributed by atoms with E-state index >= 15 is 0 Å². The van der Waals surface area contributed by atoms with Crippen molar-refractivity contribution in [2.75, 3.05) is 27.3 Å². The van der Waals surface area contributed by atoms with Gasteiger partial charge in [0, 0.05) is 17.8 Å². The summed E-state index contributed by atoms with van der Waals surface area (Å²) in [6, 6.07) is 8.48. The van der Waals surface area contributed by atoms with Gasteiger partial charge in [-0.3, -0.25) is 9.69 Å². The van der Waals surface area contributed by atoms with Crippen LogP contribution in [-0.2, 0) is 11.2 Å². The van der Waals surface area contributed by atoms with E-state index in [1.165, 1.54) is 16.0 Å². The third-order valence-electron chi connectivity index (χ3n) is 4.62. The second-order valence-corrected chi connectivity index (χ2v) is 7.09. The molecule has 6 heteroatoms. The van der Waals surface area contributed by atoms with Gasteiger partial charge in [-0.25, -0.2) is 0 Å². The first-order valence-corrected chi connectivity index (χ1v) is 9.26. The lowest BCUT2D eigenvalue weighted by Crippen LogP contribution is -2.36. The van der Waals surface area contributed by atoms with Crippen LogP contribution in [0.1, 0.15) is 34.9 Å². The van der Waals surface area contributed by atoms with Gasteiger partial charge in [0.1, 0.15) is 0 Å². The van der Waals surface area contributed by atoms with Crippen LogP contribution < -0.4 is 9.47 Å². The molecule has 1 aliphatic rings. The molecule has 2 aromatic rings. The van der Waals surface area contributed by atoms with Crippen molar-refractivity contribution in [3.63, 3.8) is 0 Å². The van der Waals surface area contributed by atoms with Crippen molar-refractivity contribution in [3.05, 3.63) is 45.6 Å². The Morgan fingerprint density at radius 2 is 2.08 bits per heavy atom. The van der Waals surface area contributed by atoms with Crippen molar-refractivity contribution in [3.8, 4) is 11.5 Å². The first-order chi connectivity index (χ1) is 12.1. The third-order valence-corrected chi connectivity index (χ3v) is 5.55. The number of carboxylic acids is 1. The molecule has 3 rings (SSSR count). The summed E-state index contributed by atoms with van der Waals surface area (Å²) in [5.41, 5.74) is 2.49. The molecule has 1 aliphatic heterocycles. The number of benzene rings is 1. The van der Waals surface area contributed by atoms with Gasteiger partial charge in [0.05, 0.1) is 20.3 Å². The number of rotatable bonds is 7. The van der Waals surface area contributed by atoms with Crippen LogP contribution in [0.4, 0.5) is 0 Å². The predicted molar refractivity (Wildman–Crippen MR) is 97.9 cm³/mol. The maximum atomic E-state index is 10.9. The fraction of sp³-hybridized carbons (Fsp3) is 0.421. The molecule has 0 bridgehead atoms. The van der Waals surface area contributed by atoms with Gasteiger partial charge in [-0.2, -0.15) is 0 Å². The van der Waals surface area contributed by atoms with Crippen molar-refractivity contribution in [1.29, 1.82) is 0 Å². The van der Waals surface area contributed by atoms with Gasteiger partial charge in [-0.1, -0.05) is 6.07 Å². The molecule has 0 fully saturated rings. The van der Waals surface area contributed by atoms with E-state index in [1.807, 2.05) is 0 Å². The molecule has 134 valence electrons. The lowest BCUT2D eigenvalue weighted by molar-refractivity contribution is -0.137. The Bertz CT molecular complexity index is 729. The molecule has 0 saturated carbocycles. The zero-order valence-electron chi connectivity index (χ0n) is 14.5. The van der Waals surface area contributed by atoms with Crippen LogP contribution in [-0.4, -0.2) is 43.3 Å². The quantitative estimate of drug-likeness (QED) is 0.817. The van der Waals surface area contributed by atoms with Gasteiger partial charge in [-0.05, 0) is 54.1 Å². The number of aliphatic carboxylic acids is 1. The average molecular weight is 361 g/mol. The monoisotopic (exact) mass is 361 g/mol. The molecule has 1 aromatic heterocycles. The van der Waals surface area contributed by atoms with E-state index in [4.69, 9.17) is 14.6 Å².